The van der Waals surface area contributed by atoms with Crippen LogP contribution in [0.15, 0.2) is 66.2 Å². The fraction of sp³-hybridized carbons (Fsp3) is 0.154. The molecular weight excluding hydrogens is 445 g/mol. The molecule has 1 atom stereocenters. The number of hydrogen-bond donors (Lipinski definition) is 1. The Morgan fingerprint density at radius 2 is 1.59 bits per heavy atom. The minimum absolute atomic E-state index is 0.0172. The molecule has 32 heavy (non-hydrogen) atoms. The highest BCUT2D eigenvalue weighted by molar-refractivity contribution is 6.52. The molecule has 1 unspecified atom stereocenters. The second kappa shape index (κ2) is 8.45. The number of Topliss-reactive ketones (excluding diaryl/α,β-unsaturated/α-hetero) is 1. The molecular formula is C26H21Cl2NO3. The zero-order valence-corrected chi connectivity index (χ0v) is 19.3. The first-order valence-corrected chi connectivity index (χ1v) is 10.8. The Kier molecular flexibility index (Phi) is 5.85. The highest BCUT2D eigenvalue weighted by atomic mass is 35.5. The van der Waals surface area contributed by atoms with Crippen LogP contribution in [0.4, 0.5) is 5.69 Å². The van der Waals surface area contributed by atoms with Gasteiger partial charge in [-0.15, -0.1) is 0 Å². The van der Waals surface area contributed by atoms with Gasteiger partial charge in [0.25, 0.3) is 11.7 Å². The lowest BCUT2D eigenvalue weighted by atomic mass is 9.93. The first kappa shape index (κ1) is 22.1. The molecule has 1 amide bonds. The monoisotopic (exact) mass is 465 g/mol. The molecule has 6 heteroatoms. The summed E-state index contributed by atoms with van der Waals surface area (Å²) in [5.74, 6) is -1.67. The van der Waals surface area contributed by atoms with Crippen molar-refractivity contribution in [2.75, 3.05) is 4.90 Å². The lowest BCUT2D eigenvalue weighted by Gasteiger charge is -2.26. The van der Waals surface area contributed by atoms with Gasteiger partial charge in [-0.1, -0.05) is 59.1 Å². The second-order valence-corrected chi connectivity index (χ2v) is 8.81. The van der Waals surface area contributed by atoms with Crippen LogP contribution in [-0.2, 0) is 9.59 Å². The number of benzene rings is 3. The maximum absolute atomic E-state index is 13.3. The highest BCUT2D eigenvalue weighted by Crippen LogP contribution is 2.43. The predicted molar refractivity (Wildman–Crippen MR) is 128 cm³/mol. The number of carbonyl (C=O) groups is 2. The molecule has 1 aliphatic rings. The van der Waals surface area contributed by atoms with Gasteiger partial charge in [0.2, 0.25) is 0 Å². The van der Waals surface area contributed by atoms with E-state index in [-0.39, 0.29) is 11.3 Å². The van der Waals surface area contributed by atoms with Crippen LogP contribution in [0.1, 0.15) is 33.9 Å². The number of hydrogen-bond acceptors (Lipinski definition) is 3. The quantitative estimate of drug-likeness (QED) is 0.271. The average molecular weight is 466 g/mol. The number of aryl methyl sites for hydroxylation is 3. The Morgan fingerprint density at radius 1 is 0.875 bits per heavy atom. The molecule has 1 saturated heterocycles. The number of anilines is 1. The van der Waals surface area contributed by atoms with Gasteiger partial charge >= 0.3 is 0 Å². The molecule has 0 saturated carbocycles. The first-order valence-electron chi connectivity index (χ1n) is 10.1. The molecule has 0 aromatic heterocycles. The molecule has 1 heterocycles. The minimum Gasteiger partial charge on any atom is -0.507 e. The van der Waals surface area contributed by atoms with E-state index in [9.17, 15) is 14.7 Å². The Morgan fingerprint density at radius 3 is 2.28 bits per heavy atom. The van der Waals surface area contributed by atoms with E-state index in [1.165, 1.54) is 4.90 Å². The minimum atomic E-state index is -0.855. The van der Waals surface area contributed by atoms with Crippen LogP contribution < -0.4 is 4.90 Å². The van der Waals surface area contributed by atoms with Crippen molar-refractivity contribution in [3.8, 4) is 0 Å². The van der Waals surface area contributed by atoms with E-state index in [1.807, 2.05) is 51.1 Å². The Balaban J connectivity index is 2.01. The van der Waals surface area contributed by atoms with Crippen LogP contribution in [0.25, 0.3) is 5.76 Å². The van der Waals surface area contributed by atoms with E-state index in [4.69, 9.17) is 23.2 Å². The summed E-state index contributed by atoms with van der Waals surface area (Å²) in [7, 11) is 0. The Bertz CT molecular complexity index is 1300. The van der Waals surface area contributed by atoms with Crippen molar-refractivity contribution in [3.05, 3.63) is 104 Å². The van der Waals surface area contributed by atoms with Crippen molar-refractivity contribution in [1.82, 2.24) is 0 Å². The Labute approximate surface area is 196 Å². The Hall–Kier alpha value is -3.08. The van der Waals surface area contributed by atoms with Crippen LogP contribution in [-0.4, -0.2) is 16.8 Å². The molecule has 3 aromatic carbocycles. The summed E-state index contributed by atoms with van der Waals surface area (Å²) in [6.45, 7) is 5.65. The van der Waals surface area contributed by atoms with Gasteiger partial charge in [-0.2, -0.15) is 0 Å². The van der Waals surface area contributed by atoms with Crippen LogP contribution in [0.2, 0.25) is 10.0 Å². The van der Waals surface area contributed by atoms with Crippen molar-refractivity contribution < 1.29 is 14.7 Å². The van der Waals surface area contributed by atoms with Crippen LogP contribution in [0, 0.1) is 20.8 Å². The third-order valence-corrected chi connectivity index (χ3v) is 6.37. The predicted octanol–water partition coefficient (Wildman–Crippen LogP) is 6.54. The summed E-state index contributed by atoms with van der Waals surface area (Å²) in [5.41, 5.74) is 4.32. The van der Waals surface area contributed by atoms with E-state index in [0.29, 0.717) is 26.9 Å². The highest BCUT2D eigenvalue weighted by Gasteiger charge is 2.47. The van der Waals surface area contributed by atoms with Crippen molar-refractivity contribution >= 4 is 46.3 Å². The maximum Gasteiger partial charge on any atom is 0.300 e. The zero-order valence-electron chi connectivity index (χ0n) is 17.8. The second-order valence-electron chi connectivity index (χ2n) is 8.00. The summed E-state index contributed by atoms with van der Waals surface area (Å²) < 4.78 is 0. The van der Waals surface area contributed by atoms with Gasteiger partial charge in [0, 0.05) is 11.3 Å². The fourth-order valence-electron chi connectivity index (χ4n) is 4.01. The lowest BCUT2D eigenvalue weighted by Crippen LogP contribution is -2.29. The van der Waals surface area contributed by atoms with Gasteiger partial charge in [-0.05, 0) is 67.8 Å². The zero-order chi connectivity index (χ0) is 23.2. The van der Waals surface area contributed by atoms with Crippen molar-refractivity contribution in [2.24, 2.45) is 0 Å². The topological polar surface area (TPSA) is 57.6 Å². The summed E-state index contributed by atoms with van der Waals surface area (Å²) in [6, 6.07) is 17.0. The SMILES string of the molecule is Cc1cccc(N2C(=O)C(=O)/C(=C(/O)c3cc(C)ccc3C)C2c2ccc(Cl)c(Cl)c2)c1. The van der Waals surface area contributed by atoms with E-state index < -0.39 is 17.7 Å². The number of nitrogens with zero attached hydrogens (tertiary/aromatic N) is 1. The van der Waals surface area contributed by atoms with Gasteiger partial charge < -0.3 is 5.11 Å². The summed E-state index contributed by atoms with van der Waals surface area (Å²) in [6.07, 6.45) is 0. The molecule has 0 aliphatic carbocycles. The molecule has 1 fully saturated rings. The van der Waals surface area contributed by atoms with Crippen molar-refractivity contribution in [1.29, 1.82) is 0 Å². The number of aliphatic hydroxyl groups excluding tert-OH is 1. The largest absolute Gasteiger partial charge is 0.507 e. The van der Waals surface area contributed by atoms with E-state index >= 15 is 0 Å². The molecule has 1 N–H and O–H groups in total. The summed E-state index contributed by atoms with van der Waals surface area (Å²) in [5, 5.41) is 12.0. The van der Waals surface area contributed by atoms with E-state index in [2.05, 4.69) is 0 Å². The smallest absolute Gasteiger partial charge is 0.300 e. The van der Waals surface area contributed by atoms with Crippen LogP contribution >= 0.6 is 23.2 Å². The molecule has 0 bridgehead atoms. The average Bonchev–Trinajstić information content (AvgIpc) is 3.02. The summed E-state index contributed by atoms with van der Waals surface area (Å²) >= 11 is 12.4. The van der Waals surface area contributed by atoms with Crippen molar-refractivity contribution in [2.45, 2.75) is 26.8 Å². The van der Waals surface area contributed by atoms with E-state index in [1.54, 1.807) is 30.3 Å². The normalized spacial score (nSPS) is 17.8. The molecule has 1 aliphatic heterocycles. The first-order chi connectivity index (χ1) is 15.2. The number of halogens is 2. The molecule has 4 nitrogen and oxygen atoms in total. The molecule has 162 valence electrons. The molecule has 4 rings (SSSR count). The number of aliphatic hydroxyl groups is 1. The van der Waals surface area contributed by atoms with Crippen LogP contribution in [0.5, 0.6) is 0 Å². The van der Waals surface area contributed by atoms with Gasteiger partial charge in [0.15, 0.2) is 0 Å². The van der Waals surface area contributed by atoms with Gasteiger partial charge in [-0.3, -0.25) is 14.5 Å². The number of ketones is 1. The maximum atomic E-state index is 13.3. The van der Waals surface area contributed by atoms with Crippen LogP contribution in [0.3, 0.4) is 0 Å². The van der Waals surface area contributed by atoms with Gasteiger partial charge in [-0.25, -0.2) is 0 Å². The van der Waals surface area contributed by atoms with Gasteiger partial charge in [0.1, 0.15) is 5.76 Å². The van der Waals surface area contributed by atoms with Gasteiger partial charge in [0.05, 0.1) is 21.7 Å². The summed E-state index contributed by atoms with van der Waals surface area (Å²) in [4.78, 5) is 27.9. The van der Waals surface area contributed by atoms with Crippen molar-refractivity contribution in [3.63, 3.8) is 0 Å². The number of amides is 1. The molecule has 0 spiro atoms. The standard InChI is InChI=1S/C26H21Cl2NO3/c1-14-5-4-6-18(11-14)29-23(17-9-10-20(27)21(28)13-17)22(25(31)26(29)32)24(30)19-12-15(2)7-8-16(19)3/h4-13,23,30H,1-3H3/b24-22+. The number of rotatable bonds is 3. The van der Waals surface area contributed by atoms with E-state index in [0.717, 1.165) is 16.7 Å². The third kappa shape index (κ3) is 3.81. The third-order valence-electron chi connectivity index (χ3n) is 5.63. The number of carbonyl (C=O) groups excluding carboxylic acids is 2. The fourth-order valence-corrected chi connectivity index (χ4v) is 4.32. The molecule has 3 aromatic rings. The lowest BCUT2D eigenvalue weighted by molar-refractivity contribution is -0.132. The molecule has 0 radical (unpaired) electrons.